The van der Waals surface area contributed by atoms with Gasteiger partial charge in [0.05, 0.1) is 24.2 Å². The number of methoxy groups -OCH3 is 1. The van der Waals surface area contributed by atoms with E-state index in [0.29, 0.717) is 25.2 Å². The highest BCUT2D eigenvalue weighted by Crippen LogP contribution is 2.35. The van der Waals surface area contributed by atoms with Gasteiger partial charge in [-0.25, -0.2) is 13.4 Å². The van der Waals surface area contributed by atoms with Gasteiger partial charge in [-0.2, -0.15) is 4.31 Å². The fourth-order valence-electron chi connectivity index (χ4n) is 5.02. The molecule has 0 radical (unpaired) electrons. The molecule has 2 saturated heterocycles. The number of fused-ring (bicyclic) bond motifs is 1. The lowest BCUT2D eigenvalue weighted by Crippen LogP contribution is -2.33. The van der Waals surface area contributed by atoms with Gasteiger partial charge in [0.2, 0.25) is 10.0 Å². The predicted octanol–water partition coefficient (Wildman–Crippen LogP) is 4.11. The molecule has 2 aliphatic rings. The molecule has 1 unspecified atom stereocenters. The van der Waals surface area contributed by atoms with Crippen LogP contribution >= 0.6 is 0 Å². The summed E-state index contributed by atoms with van der Waals surface area (Å²) in [5, 5.41) is 0. The Bertz CT molecular complexity index is 1260. The van der Waals surface area contributed by atoms with E-state index in [0.717, 1.165) is 55.4 Å². The molecule has 2 fully saturated rings. The van der Waals surface area contributed by atoms with E-state index in [1.165, 1.54) is 17.5 Å². The summed E-state index contributed by atoms with van der Waals surface area (Å²) in [6, 6.07) is 12.3. The first-order chi connectivity index (χ1) is 16.5. The van der Waals surface area contributed by atoms with Crippen LogP contribution in [0.15, 0.2) is 47.4 Å². The van der Waals surface area contributed by atoms with Crippen LogP contribution in [-0.4, -0.2) is 60.2 Å². The number of rotatable bonds is 5. The molecule has 8 nitrogen and oxygen atoms in total. The van der Waals surface area contributed by atoms with Crippen molar-refractivity contribution in [1.29, 1.82) is 0 Å². The molecule has 1 N–H and O–H groups in total. The molecule has 180 valence electrons. The van der Waals surface area contributed by atoms with Crippen molar-refractivity contribution in [1.82, 2.24) is 19.2 Å². The zero-order valence-corrected chi connectivity index (χ0v) is 20.2. The van der Waals surface area contributed by atoms with E-state index in [-0.39, 0.29) is 22.6 Å². The van der Waals surface area contributed by atoms with Gasteiger partial charge < -0.3 is 14.6 Å². The molecule has 1 aromatic heterocycles. The number of nitrogens with one attached hydrogen (secondary N) is 1. The number of amides is 1. The van der Waals surface area contributed by atoms with Gasteiger partial charge in [-0.15, -0.1) is 0 Å². The number of para-hydroxylation sites is 2. The molecule has 34 heavy (non-hydrogen) atoms. The van der Waals surface area contributed by atoms with E-state index >= 15 is 0 Å². The molecule has 0 bridgehead atoms. The van der Waals surface area contributed by atoms with Crippen molar-refractivity contribution < 1.29 is 17.9 Å². The lowest BCUT2D eigenvalue weighted by atomic mass is 10.1. The van der Waals surface area contributed by atoms with Crippen molar-refractivity contribution in [3.05, 3.63) is 53.9 Å². The number of carbonyl (C=O) groups is 1. The highest BCUT2D eigenvalue weighted by atomic mass is 32.2. The van der Waals surface area contributed by atoms with Crippen molar-refractivity contribution in [2.24, 2.45) is 0 Å². The number of aromatic amines is 1. The first-order valence-electron chi connectivity index (χ1n) is 11.9. The molecule has 0 spiro atoms. The van der Waals surface area contributed by atoms with E-state index in [1.807, 2.05) is 24.3 Å². The van der Waals surface area contributed by atoms with Crippen LogP contribution in [0.3, 0.4) is 0 Å². The molecule has 0 saturated carbocycles. The SMILES string of the molecule is COc1ccc(C(=O)N2CCCC2c2nc3ccccc3[nH]2)cc1S(=O)(=O)N1CCCCCC1. The van der Waals surface area contributed by atoms with Gasteiger partial charge in [-0.3, -0.25) is 4.79 Å². The fraction of sp³-hybridized carbons (Fsp3) is 0.440. The van der Waals surface area contributed by atoms with Crippen LogP contribution in [0.2, 0.25) is 0 Å². The van der Waals surface area contributed by atoms with Crippen molar-refractivity contribution in [2.75, 3.05) is 26.7 Å². The summed E-state index contributed by atoms with van der Waals surface area (Å²) >= 11 is 0. The molecule has 1 atom stereocenters. The maximum atomic E-state index is 13.6. The largest absolute Gasteiger partial charge is 0.495 e. The van der Waals surface area contributed by atoms with Gasteiger partial charge in [0.1, 0.15) is 16.5 Å². The number of likely N-dealkylation sites (tertiary alicyclic amines) is 1. The van der Waals surface area contributed by atoms with Crippen LogP contribution in [0.4, 0.5) is 0 Å². The fourth-order valence-corrected chi connectivity index (χ4v) is 6.72. The molecule has 5 rings (SSSR count). The molecule has 2 aliphatic heterocycles. The normalized spacial score (nSPS) is 19.9. The number of hydrogen-bond donors (Lipinski definition) is 1. The third-order valence-corrected chi connectivity index (χ3v) is 8.75. The molecule has 3 heterocycles. The summed E-state index contributed by atoms with van der Waals surface area (Å²) in [4.78, 5) is 23.5. The molecule has 0 aliphatic carbocycles. The van der Waals surface area contributed by atoms with Crippen LogP contribution in [0.1, 0.15) is 60.7 Å². The number of ether oxygens (including phenoxy) is 1. The van der Waals surface area contributed by atoms with Crippen LogP contribution in [0, 0.1) is 0 Å². The Balaban J connectivity index is 1.46. The number of carbonyl (C=O) groups excluding carboxylic acids is 1. The van der Waals surface area contributed by atoms with Crippen LogP contribution in [0.25, 0.3) is 11.0 Å². The van der Waals surface area contributed by atoms with Gasteiger partial charge in [-0.1, -0.05) is 25.0 Å². The van der Waals surface area contributed by atoms with E-state index in [4.69, 9.17) is 9.72 Å². The second kappa shape index (κ2) is 9.38. The molecule has 3 aromatic rings. The minimum atomic E-state index is -3.77. The van der Waals surface area contributed by atoms with E-state index in [2.05, 4.69) is 4.98 Å². The van der Waals surface area contributed by atoms with Crippen LogP contribution in [-0.2, 0) is 10.0 Å². The summed E-state index contributed by atoms with van der Waals surface area (Å²) < 4.78 is 33.9. The first kappa shape index (κ1) is 22.9. The molecule has 2 aromatic carbocycles. The summed E-state index contributed by atoms with van der Waals surface area (Å²) in [5.74, 6) is 0.826. The lowest BCUT2D eigenvalue weighted by molar-refractivity contribution is 0.0730. The van der Waals surface area contributed by atoms with E-state index in [1.54, 1.807) is 17.0 Å². The summed E-state index contributed by atoms with van der Waals surface area (Å²) in [6.45, 7) is 1.58. The monoisotopic (exact) mass is 482 g/mol. The number of nitrogens with zero attached hydrogens (tertiary/aromatic N) is 3. The molecular formula is C25H30N4O4S. The maximum Gasteiger partial charge on any atom is 0.254 e. The Labute approximate surface area is 200 Å². The van der Waals surface area contributed by atoms with Gasteiger partial charge in [0.15, 0.2) is 0 Å². The average Bonchev–Trinajstić information content (AvgIpc) is 3.42. The topological polar surface area (TPSA) is 95.6 Å². The maximum absolute atomic E-state index is 13.6. The van der Waals surface area contributed by atoms with Gasteiger partial charge in [0, 0.05) is 25.2 Å². The Morgan fingerprint density at radius 3 is 2.53 bits per heavy atom. The van der Waals surface area contributed by atoms with Crippen LogP contribution in [0.5, 0.6) is 5.75 Å². The average molecular weight is 483 g/mol. The molecule has 1 amide bonds. The smallest absolute Gasteiger partial charge is 0.254 e. The minimum Gasteiger partial charge on any atom is -0.495 e. The number of imidazole rings is 1. The second-order valence-electron chi connectivity index (χ2n) is 8.98. The molecule has 9 heteroatoms. The van der Waals surface area contributed by atoms with Crippen LogP contribution < -0.4 is 4.74 Å². The highest BCUT2D eigenvalue weighted by molar-refractivity contribution is 7.89. The zero-order valence-electron chi connectivity index (χ0n) is 19.4. The number of benzene rings is 2. The zero-order chi connectivity index (χ0) is 23.7. The summed E-state index contributed by atoms with van der Waals surface area (Å²) in [6.07, 6.45) is 5.41. The Morgan fingerprint density at radius 2 is 1.79 bits per heavy atom. The third kappa shape index (κ3) is 4.18. The standard InChI is InChI=1S/C25H30N4O4S/c1-33-22-13-12-18(17-23(22)34(31,32)28-14-6-2-3-7-15-28)25(30)29-16-8-11-21(29)24-26-19-9-4-5-10-20(19)27-24/h4-5,9-10,12-13,17,21H,2-3,6-8,11,14-16H2,1H3,(H,26,27). The van der Waals surface area contributed by atoms with Crippen molar-refractivity contribution in [2.45, 2.75) is 49.5 Å². The quantitative estimate of drug-likeness (QED) is 0.590. The van der Waals surface area contributed by atoms with E-state index < -0.39 is 10.0 Å². The Kier molecular flexibility index (Phi) is 6.31. The number of hydrogen-bond acceptors (Lipinski definition) is 5. The first-order valence-corrected chi connectivity index (χ1v) is 13.4. The number of sulfonamides is 1. The van der Waals surface area contributed by atoms with Crippen molar-refractivity contribution in [3.63, 3.8) is 0 Å². The second-order valence-corrected chi connectivity index (χ2v) is 10.9. The highest BCUT2D eigenvalue weighted by Gasteiger charge is 2.34. The van der Waals surface area contributed by atoms with E-state index in [9.17, 15) is 13.2 Å². The predicted molar refractivity (Wildman–Crippen MR) is 129 cm³/mol. The minimum absolute atomic E-state index is 0.0576. The lowest BCUT2D eigenvalue weighted by Gasteiger charge is -2.25. The van der Waals surface area contributed by atoms with Gasteiger partial charge in [0.25, 0.3) is 5.91 Å². The number of H-pyrrole nitrogens is 1. The summed E-state index contributed by atoms with van der Waals surface area (Å²) in [7, 11) is -2.32. The van der Waals surface area contributed by atoms with Crippen molar-refractivity contribution in [3.8, 4) is 5.75 Å². The summed E-state index contributed by atoms with van der Waals surface area (Å²) in [5.41, 5.74) is 2.15. The Hall–Kier alpha value is -2.91. The van der Waals surface area contributed by atoms with Gasteiger partial charge >= 0.3 is 0 Å². The number of aromatic nitrogens is 2. The Morgan fingerprint density at radius 1 is 1.03 bits per heavy atom. The third-order valence-electron chi connectivity index (χ3n) is 6.83. The van der Waals surface area contributed by atoms with Gasteiger partial charge in [-0.05, 0) is 56.0 Å². The molecular weight excluding hydrogens is 452 g/mol. The van der Waals surface area contributed by atoms with Crippen molar-refractivity contribution >= 4 is 27.0 Å².